The highest BCUT2D eigenvalue weighted by molar-refractivity contribution is 6.06. The lowest BCUT2D eigenvalue weighted by atomic mass is 9.92. The minimum absolute atomic E-state index is 0.377. The van der Waals surface area contributed by atoms with Gasteiger partial charge in [-0.05, 0) is 31.9 Å². The number of carbonyl (C=O) groups excluding carboxylic acids is 2. The van der Waals surface area contributed by atoms with Crippen LogP contribution in [0.3, 0.4) is 0 Å². The summed E-state index contributed by atoms with van der Waals surface area (Å²) in [6, 6.07) is 11.2. The third-order valence-electron chi connectivity index (χ3n) is 4.38. The van der Waals surface area contributed by atoms with E-state index < -0.39 is 17.6 Å². The second kappa shape index (κ2) is 6.25. The number of likely N-dealkylation sites (tertiary alicyclic amines) is 1. The van der Waals surface area contributed by atoms with Crippen LogP contribution in [0, 0.1) is 17.2 Å². The summed E-state index contributed by atoms with van der Waals surface area (Å²) >= 11 is 0. The molecule has 1 amide bonds. The Morgan fingerprint density at radius 3 is 2.61 bits per heavy atom. The molecule has 1 saturated heterocycles. The molecule has 2 atom stereocenters. The first kappa shape index (κ1) is 15.3. The molecule has 0 spiro atoms. The number of hydrogen-bond donors (Lipinski definition) is 0. The predicted octanol–water partition coefficient (Wildman–Crippen LogP) is 2.87. The van der Waals surface area contributed by atoms with Gasteiger partial charge in [0.25, 0.3) is 0 Å². The predicted molar refractivity (Wildman–Crippen MR) is 84.6 cm³/mol. The van der Waals surface area contributed by atoms with Gasteiger partial charge in [-0.25, -0.2) is 0 Å². The van der Waals surface area contributed by atoms with E-state index in [1.807, 2.05) is 30.3 Å². The third kappa shape index (κ3) is 2.85. The van der Waals surface area contributed by atoms with Crippen molar-refractivity contribution in [2.24, 2.45) is 5.92 Å². The fraction of sp³-hybridized carbons (Fsp3) is 0.389. The highest BCUT2D eigenvalue weighted by atomic mass is 16.3. The number of Topliss-reactive ketones (excluding diaryl/α,β-unsaturated/α-hetero) is 1. The summed E-state index contributed by atoms with van der Waals surface area (Å²) in [6.45, 7) is 2.94. The lowest BCUT2D eigenvalue weighted by Gasteiger charge is -2.19. The number of nitriles is 1. The lowest BCUT2D eigenvalue weighted by Crippen LogP contribution is -2.38. The summed E-state index contributed by atoms with van der Waals surface area (Å²) in [4.78, 5) is 26.6. The van der Waals surface area contributed by atoms with Crippen LogP contribution in [0.1, 0.15) is 31.4 Å². The minimum atomic E-state index is -1.25. The van der Waals surface area contributed by atoms with Crippen LogP contribution in [0.2, 0.25) is 0 Å². The molecule has 0 aliphatic carbocycles. The second-order valence-electron chi connectivity index (χ2n) is 5.91. The van der Waals surface area contributed by atoms with Crippen LogP contribution < -0.4 is 0 Å². The average molecular weight is 310 g/mol. The molecule has 1 aromatic carbocycles. The third-order valence-corrected chi connectivity index (χ3v) is 4.38. The summed E-state index contributed by atoms with van der Waals surface area (Å²) in [5.41, 5.74) is 0.696. The van der Waals surface area contributed by atoms with Gasteiger partial charge < -0.3 is 9.32 Å². The van der Waals surface area contributed by atoms with Crippen molar-refractivity contribution in [2.75, 3.05) is 13.1 Å². The maximum atomic E-state index is 12.6. The number of rotatable bonds is 4. The molecule has 1 fully saturated rings. The first-order valence-electron chi connectivity index (χ1n) is 7.82. The monoisotopic (exact) mass is 310 g/mol. The number of ketones is 1. The molecule has 2 aromatic rings. The Kier molecular flexibility index (Phi) is 4.16. The van der Waals surface area contributed by atoms with Crippen molar-refractivity contribution in [3.05, 3.63) is 36.1 Å². The van der Waals surface area contributed by atoms with Gasteiger partial charge in [-0.3, -0.25) is 9.59 Å². The topological polar surface area (TPSA) is 74.3 Å². The van der Waals surface area contributed by atoms with Crippen molar-refractivity contribution in [1.29, 1.82) is 5.26 Å². The highest BCUT2D eigenvalue weighted by Crippen LogP contribution is 2.28. The molecule has 0 radical (unpaired) electrons. The zero-order valence-electron chi connectivity index (χ0n) is 13.0. The van der Waals surface area contributed by atoms with Crippen molar-refractivity contribution in [3.8, 4) is 6.07 Å². The van der Waals surface area contributed by atoms with E-state index >= 15 is 0 Å². The number of hydrogen-bond acceptors (Lipinski definition) is 4. The van der Waals surface area contributed by atoms with Gasteiger partial charge in [0.2, 0.25) is 5.91 Å². The molecule has 2 heterocycles. The van der Waals surface area contributed by atoms with Gasteiger partial charge in [-0.15, -0.1) is 0 Å². The number of carbonyl (C=O) groups is 2. The Labute approximate surface area is 134 Å². The number of fused-ring (bicyclic) bond motifs is 1. The molecule has 5 heteroatoms. The van der Waals surface area contributed by atoms with Crippen LogP contribution in [-0.2, 0) is 9.59 Å². The molecule has 23 heavy (non-hydrogen) atoms. The Bertz CT molecular complexity index is 748. The van der Waals surface area contributed by atoms with Crippen LogP contribution in [0.5, 0.6) is 0 Å². The van der Waals surface area contributed by atoms with Crippen molar-refractivity contribution in [1.82, 2.24) is 4.90 Å². The van der Waals surface area contributed by atoms with Gasteiger partial charge in [0.05, 0.1) is 12.0 Å². The quantitative estimate of drug-likeness (QED) is 0.814. The van der Waals surface area contributed by atoms with Crippen molar-refractivity contribution >= 4 is 22.7 Å². The smallest absolute Gasteiger partial charge is 0.247 e. The van der Waals surface area contributed by atoms with Crippen molar-refractivity contribution in [3.63, 3.8) is 0 Å². The summed E-state index contributed by atoms with van der Waals surface area (Å²) in [7, 11) is 0. The second-order valence-corrected chi connectivity index (χ2v) is 5.91. The maximum Gasteiger partial charge on any atom is 0.247 e. The van der Waals surface area contributed by atoms with Crippen LogP contribution in [0.25, 0.3) is 11.0 Å². The molecule has 0 unspecified atom stereocenters. The molecule has 0 bridgehead atoms. The summed E-state index contributed by atoms with van der Waals surface area (Å²) < 4.78 is 5.70. The van der Waals surface area contributed by atoms with E-state index in [4.69, 9.17) is 4.42 Å². The zero-order valence-corrected chi connectivity index (χ0v) is 13.0. The molecule has 1 aliphatic heterocycles. The molecule has 1 aliphatic rings. The van der Waals surface area contributed by atoms with Crippen LogP contribution in [-0.4, -0.2) is 29.7 Å². The standard InChI is InChI=1S/C18H18N2O3/c1-12(16-10-13-6-2-3-7-15(13)23-16)17(21)14(11-19)18(22)20-8-4-5-9-20/h2-3,6-7,10,12,14H,4-5,8-9H2,1H3/t12-,14-/m1/s1. The van der Waals surface area contributed by atoms with E-state index in [0.29, 0.717) is 24.4 Å². The van der Waals surface area contributed by atoms with E-state index in [9.17, 15) is 14.9 Å². The van der Waals surface area contributed by atoms with Crippen molar-refractivity contribution in [2.45, 2.75) is 25.7 Å². The molecular weight excluding hydrogens is 292 g/mol. The Morgan fingerprint density at radius 2 is 1.96 bits per heavy atom. The number of benzene rings is 1. The van der Waals surface area contributed by atoms with Gasteiger partial charge in [0.1, 0.15) is 11.3 Å². The molecule has 5 nitrogen and oxygen atoms in total. The Balaban J connectivity index is 1.82. The molecule has 118 valence electrons. The number of nitrogens with zero attached hydrogens (tertiary/aromatic N) is 2. The van der Waals surface area contributed by atoms with Gasteiger partial charge >= 0.3 is 0 Å². The molecule has 0 N–H and O–H groups in total. The van der Waals surface area contributed by atoms with E-state index in [1.54, 1.807) is 17.9 Å². The molecule has 1 aromatic heterocycles. The van der Waals surface area contributed by atoms with Gasteiger partial charge in [-0.1, -0.05) is 18.2 Å². The average Bonchev–Trinajstić information content (AvgIpc) is 3.23. The van der Waals surface area contributed by atoms with E-state index in [-0.39, 0.29) is 5.91 Å². The van der Waals surface area contributed by atoms with E-state index in [2.05, 4.69) is 0 Å². The van der Waals surface area contributed by atoms with E-state index in [1.165, 1.54) is 0 Å². The summed E-state index contributed by atoms with van der Waals surface area (Å²) in [5, 5.41) is 10.2. The van der Waals surface area contributed by atoms with Gasteiger partial charge in [0, 0.05) is 18.5 Å². The van der Waals surface area contributed by atoms with E-state index in [0.717, 1.165) is 18.2 Å². The van der Waals surface area contributed by atoms with Gasteiger partial charge in [-0.2, -0.15) is 5.26 Å². The van der Waals surface area contributed by atoms with Crippen molar-refractivity contribution < 1.29 is 14.0 Å². The summed E-state index contributed by atoms with van der Waals surface area (Å²) in [5.74, 6) is -2.16. The Morgan fingerprint density at radius 1 is 1.26 bits per heavy atom. The largest absolute Gasteiger partial charge is 0.460 e. The van der Waals surface area contributed by atoms with Gasteiger partial charge in [0.15, 0.2) is 11.7 Å². The molecule has 3 rings (SSSR count). The van der Waals surface area contributed by atoms with Crippen LogP contribution in [0.15, 0.2) is 34.7 Å². The fourth-order valence-electron chi connectivity index (χ4n) is 2.97. The first-order valence-corrected chi connectivity index (χ1v) is 7.82. The minimum Gasteiger partial charge on any atom is -0.460 e. The fourth-order valence-corrected chi connectivity index (χ4v) is 2.97. The Hall–Kier alpha value is -2.61. The lowest BCUT2D eigenvalue weighted by molar-refractivity contribution is -0.138. The number of amides is 1. The highest BCUT2D eigenvalue weighted by Gasteiger charge is 2.36. The summed E-state index contributed by atoms with van der Waals surface area (Å²) in [6.07, 6.45) is 1.86. The number of para-hydroxylation sites is 1. The SMILES string of the molecule is C[C@@H](C(=O)[C@@H](C#N)C(=O)N1CCCC1)c1cc2ccccc2o1. The zero-order chi connectivity index (χ0) is 16.4. The van der Waals surface area contributed by atoms with Crippen LogP contribution in [0.4, 0.5) is 0 Å². The maximum absolute atomic E-state index is 12.6. The van der Waals surface area contributed by atoms with Crippen LogP contribution >= 0.6 is 0 Å². The first-order chi connectivity index (χ1) is 11.1. The number of furan rings is 1. The normalized spacial score (nSPS) is 17.0. The molecular formula is C18H18N2O3. The molecule has 0 saturated carbocycles.